The number of nitrogens with zero attached hydrogens (tertiary/aromatic N) is 2. The van der Waals surface area contributed by atoms with Gasteiger partial charge in [-0.05, 0) is 52.5 Å². The Morgan fingerprint density at radius 1 is 0.650 bits per heavy atom. The topological polar surface area (TPSA) is 42.9 Å². The molecule has 1 aliphatic rings. The zero-order valence-electron chi connectivity index (χ0n) is 22.5. The van der Waals surface area contributed by atoms with Gasteiger partial charge in [-0.1, -0.05) is 62.4 Å². The smallest absolute Gasteiger partial charge is 0.194 e. The molecule has 0 amide bonds. The molecule has 0 unspecified atom stereocenters. The monoisotopic (exact) mass is 695 g/mol. The summed E-state index contributed by atoms with van der Waals surface area (Å²) in [5, 5.41) is 1.04. The number of fused-ring (bicyclic) bond motifs is 4. The van der Waals surface area contributed by atoms with E-state index in [9.17, 15) is 4.79 Å². The van der Waals surface area contributed by atoms with E-state index in [2.05, 4.69) is 54.4 Å². The van der Waals surface area contributed by atoms with Gasteiger partial charge in [0.2, 0.25) is 0 Å². The van der Waals surface area contributed by atoms with Crippen molar-refractivity contribution in [1.29, 1.82) is 0 Å². The molecule has 4 heteroatoms. The number of hydrogen-bond acceptors (Lipinski definition) is 3. The van der Waals surface area contributed by atoms with Crippen molar-refractivity contribution < 1.29 is 24.9 Å². The summed E-state index contributed by atoms with van der Waals surface area (Å²) >= 11 is 0. The summed E-state index contributed by atoms with van der Waals surface area (Å²) in [5.41, 5.74) is 11.7. The Hall–Kier alpha value is -4.24. The Morgan fingerprint density at radius 3 is 2.15 bits per heavy atom. The summed E-state index contributed by atoms with van der Waals surface area (Å²) in [7, 11) is 0. The van der Waals surface area contributed by atoms with Crippen LogP contribution in [0.5, 0.6) is 0 Å². The van der Waals surface area contributed by atoms with Crippen molar-refractivity contribution in [1.82, 2.24) is 9.97 Å². The number of rotatable bonds is 2. The molecule has 0 N–H and O–H groups in total. The van der Waals surface area contributed by atoms with Gasteiger partial charge in [0.25, 0.3) is 0 Å². The first kappa shape index (κ1) is 27.3. The summed E-state index contributed by atoms with van der Waals surface area (Å²) in [6.45, 7) is 6.15. The molecule has 1 radical (unpaired) electrons. The number of benzene rings is 4. The molecule has 197 valence electrons. The number of carbonyl (C=O) groups excluding carboxylic acids is 1. The predicted molar refractivity (Wildman–Crippen MR) is 158 cm³/mol. The van der Waals surface area contributed by atoms with Crippen molar-refractivity contribution >= 4 is 16.7 Å². The molecule has 3 nitrogen and oxygen atoms in total. The number of pyridine rings is 2. The standard InChI is InChI=1S/C24H16NO.C12H10N.Ir/c1-14-9-15(2)11-17(10-14)22-8-7-16-12-20-18-5-3-4-6-19(18)24(26)21(20)13-23(16)25-22;1-10-7-8-12(13-9-10)11-5-3-2-4-6-11;/h3-10,12-13H,1-2H3;2-5,7-9H,1H3;/q2*-1;. The average Bonchev–Trinajstić information content (AvgIpc) is 3.23. The normalized spacial score (nSPS) is 11.2. The second-order valence-electron chi connectivity index (χ2n) is 9.91. The molecular weight excluding hydrogens is 669 g/mol. The van der Waals surface area contributed by atoms with Crippen LogP contribution in [-0.2, 0) is 20.1 Å². The molecule has 2 aromatic heterocycles. The van der Waals surface area contributed by atoms with Crippen LogP contribution in [0, 0.1) is 32.9 Å². The average molecular weight is 695 g/mol. The van der Waals surface area contributed by atoms with Crippen molar-refractivity contribution in [2.24, 2.45) is 0 Å². The van der Waals surface area contributed by atoms with Gasteiger partial charge >= 0.3 is 0 Å². The van der Waals surface area contributed by atoms with Gasteiger partial charge in [-0.3, -0.25) is 9.78 Å². The van der Waals surface area contributed by atoms with Crippen LogP contribution in [0.3, 0.4) is 0 Å². The van der Waals surface area contributed by atoms with Crippen LogP contribution in [0.4, 0.5) is 0 Å². The van der Waals surface area contributed by atoms with Crippen molar-refractivity contribution in [3.05, 3.63) is 143 Å². The molecule has 4 aromatic carbocycles. The second-order valence-corrected chi connectivity index (χ2v) is 9.91. The minimum atomic E-state index is 0. The van der Waals surface area contributed by atoms with Crippen LogP contribution in [-0.4, -0.2) is 15.8 Å². The van der Waals surface area contributed by atoms with Crippen LogP contribution >= 0.6 is 0 Å². The van der Waals surface area contributed by atoms with Crippen molar-refractivity contribution in [2.75, 3.05) is 0 Å². The van der Waals surface area contributed by atoms with Crippen LogP contribution in [0.25, 0.3) is 44.5 Å². The fourth-order valence-corrected chi connectivity index (χ4v) is 5.01. The number of aryl methyl sites for hydroxylation is 3. The van der Waals surface area contributed by atoms with Gasteiger partial charge in [0.05, 0.1) is 5.52 Å². The van der Waals surface area contributed by atoms with E-state index in [4.69, 9.17) is 4.98 Å². The molecule has 0 atom stereocenters. The summed E-state index contributed by atoms with van der Waals surface area (Å²) in [4.78, 5) is 21.9. The third kappa shape index (κ3) is 5.42. The molecule has 1 aliphatic carbocycles. The van der Waals surface area contributed by atoms with E-state index >= 15 is 0 Å². The Bertz CT molecular complexity index is 1820. The minimum absolute atomic E-state index is 0. The molecule has 0 fully saturated rings. The molecule has 0 aliphatic heterocycles. The Morgan fingerprint density at radius 2 is 1.43 bits per heavy atom. The van der Waals surface area contributed by atoms with Crippen molar-refractivity contribution in [3.8, 4) is 33.6 Å². The van der Waals surface area contributed by atoms with E-state index in [1.54, 1.807) is 0 Å². The minimum Gasteiger partial charge on any atom is -0.304 e. The third-order valence-electron chi connectivity index (χ3n) is 6.86. The molecule has 0 saturated heterocycles. The van der Waals surface area contributed by atoms with E-state index in [1.807, 2.05) is 86.8 Å². The van der Waals surface area contributed by atoms with E-state index in [0.29, 0.717) is 0 Å². The number of aromatic nitrogens is 2. The number of ketones is 1. The van der Waals surface area contributed by atoms with Gasteiger partial charge in [0.15, 0.2) is 5.78 Å². The van der Waals surface area contributed by atoms with E-state index in [0.717, 1.165) is 61.2 Å². The van der Waals surface area contributed by atoms with Crippen LogP contribution < -0.4 is 0 Å². The van der Waals surface area contributed by atoms with Crippen LogP contribution in [0.1, 0.15) is 32.6 Å². The molecule has 0 spiro atoms. The number of carbonyl (C=O) groups is 1. The van der Waals surface area contributed by atoms with E-state index < -0.39 is 0 Å². The Kier molecular flexibility index (Phi) is 7.84. The molecule has 6 aromatic rings. The van der Waals surface area contributed by atoms with Crippen LogP contribution in [0.15, 0.2) is 103 Å². The Balaban J connectivity index is 0.000000195. The fourth-order valence-electron chi connectivity index (χ4n) is 5.01. The van der Waals surface area contributed by atoms with Gasteiger partial charge < -0.3 is 4.98 Å². The zero-order chi connectivity index (χ0) is 26.9. The maximum Gasteiger partial charge on any atom is 0.194 e. The van der Waals surface area contributed by atoms with Gasteiger partial charge in [0.1, 0.15) is 0 Å². The second kappa shape index (κ2) is 11.5. The van der Waals surface area contributed by atoms with Gasteiger partial charge in [-0.2, -0.15) is 0 Å². The maximum atomic E-state index is 12.7. The number of hydrogen-bond donors (Lipinski definition) is 0. The molecule has 40 heavy (non-hydrogen) atoms. The molecule has 0 saturated carbocycles. The largest absolute Gasteiger partial charge is 0.304 e. The SMILES string of the molecule is Cc1[c-]c(-c2ccc3cc4c(cc3n2)C(=O)c2ccccc2-4)cc(C)c1.Cc1ccc(-c2[c-]cccc2)nc1.[Ir]. The quantitative estimate of drug-likeness (QED) is 0.171. The molecule has 7 rings (SSSR count). The Labute approximate surface area is 248 Å². The molecule has 0 bridgehead atoms. The predicted octanol–water partition coefficient (Wildman–Crippen LogP) is 8.38. The fraction of sp³-hybridized carbons (Fsp3) is 0.0833. The third-order valence-corrected chi connectivity index (χ3v) is 6.86. The van der Waals surface area contributed by atoms with Gasteiger partial charge in [-0.25, -0.2) is 0 Å². The molecule has 2 heterocycles. The molecular formula is C36H26IrN2O-2. The maximum absolute atomic E-state index is 12.7. The summed E-state index contributed by atoms with van der Waals surface area (Å²) in [6.07, 6.45) is 1.87. The van der Waals surface area contributed by atoms with Gasteiger partial charge in [-0.15, -0.1) is 70.8 Å². The van der Waals surface area contributed by atoms with Crippen molar-refractivity contribution in [2.45, 2.75) is 20.8 Å². The van der Waals surface area contributed by atoms with Crippen molar-refractivity contribution in [3.63, 3.8) is 0 Å². The van der Waals surface area contributed by atoms with Crippen LogP contribution in [0.2, 0.25) is 0 Å². The van der Waals surface area contributed by atoms with E-state index in [1.165, 1.54) is 11.1 Å². The summed E-state index contributed by atoms with van der Waals surface area (Å²) < 4.78 is 0. The zero-order valence-corrected chi connectivity index (χ0v) is 24.8. The summed E-state index contributed by atoms with van der Waals surface area (Å²) in [6, 6.07) is 38.6. The first-order valence-electron chi connectivity index (χ1n) is 13.0. The summed E-state index contributed by atoms with van der Waals surface area (Å²) in [5.74, 6) is 0.0858. The van der Waals surface area contributed by atoms with Gasteiger partial charge in [0, 0.05) is 37.4 Å². The first-order valence-corrected chi connectivity index (χ1v) is 13.0. The van der Waals surface area contributed by atoms with E-state index in [-0.39, 0.29) is 25.9 Å². The first-order chi connectivity index (χ1) is 19.0.